The van der Waals surface area contributed by atoms with Crippen LogP contribution in [-0.2, 0) is 41.5 Å². The van der Waals surface area contributed by atoms with Crippen molar-refractivity contribution in [2.75, 3.05) is 0 Å². The fraction of sp³-hybridized carbons (Fsp3) is 0.189. The minimum atomic E-state index is 0. The first-order valence-electron chi connectivity index (χ1n) is 18.8. The molecule has 0 aliphatic heterocycles. The Morgan fingerprint density at radius 1 is 0.586 bits per heavy atom. The van der Waals surface area contributed by atoms with Crippen molar-refractivity contribution in [3.63, 3.8) is 0 Å². The molecule has 0 amide bonds. The average Bonchev–Trinajstić information content (AvgIpc) is 3.90. The zero-order valence-electron chi connectivity index (χ0n) is 34.5. The molecule has 0 aromatic heterocycles. The van der Waals surface area contributed by atoms with Gasteiger partial charge in [-0.3, -0.25) is 6.08 Å². The standard InChI is InChI=1S/C33H33.2C7H6Cl.C5H5.CH2.2ClH.Zr/c1-32(2,3)30-20-26-24(18-28(30)22-13-9-7-10-14-22)17-25-19-29(23-15-11-8-12-16-23)31(21-27(25)26)33(4,5)6;2*1-6-2-4-7(8)5-3-6;1-2-4-5-3-1;;;;/h7-16,18,20-21H,17H2,1-6H3;2*2-5H,1H2;1-3H,4H2;1H2;2*1H;/q4*-1;;;;. The van der Waals surface area contributed by atoms with E-state index in [1.165, 1.54) is 79.9 Å². The maximum atomic E-state index is 5.58. The predicted molar refractivity (Wildman–Crippen MR) is 257 cm³/mol. The van der Waals surface area contributed by atoms with Crippen molar-refractivity contribution in [3.8, 4) is 33.4 Å². The van der Waals surface area contributed by atoms with Crippen LogP contribution in [0.2, 0.25) is 10.0 Å². The van der Waals surface area contributed by atoms with Gasteiger partial charge in [0.25, 0.3) is 0 Å². The van der Waals surface area contributed by atoms with E-state index < -0.39 is 0 Å². The molecule has 302 valence electrons. The first-order chi connectivity index (χ1) is 26.7. The molecule has 0 unspecified atom stereocenters. The van der Waals surface area contributed by atoms with Crippen LogP contribution < -0.4 is 0 Å². The van der Waals surface area contributed by atoms with Crippen LogP contribution in [-0.4, -0.2) is 4.21 Å². The number of benzene rings is 6. The van der Waals surface area contributed by atoms with Gasteiger partial charge in [-0.2, -0.15) is 55.3 Å². The van der Waals surface area contributed by atoms with Crippen molar-refractivity contribution in [1.82, 2.24) is 0 Å². The molecule has 0 heterocycles. The van der Waals surface area contributed by atoms with Gasteiger partial charge in [-0.05, 0) is 39.5 Å². The average molecular weight is 924 g/mol. The van der Waals surface area contributed by atoms with E-state index >= 15 is 0 Å². The Labute approximate surface area is 387 Å². The van der Waals surface area contributed by atoms with Crippen LogP contribution in [0, 0.1) is 26.0 Å². The van der Waals surface area contributed by atoms with Gasteiger partial charge in [-0.15, -0.1) is 60.1 Å². The van der Waals surface area contributed by atoms with Crippen LogP contribution in [0.4, 0.5) is 0 Å². The van der Waals surface area contributed by atoms with Crippen LogP contribution in [0.5, 0.6) is 0 Å². The Bertz CT molecular complexity index is 2010. The zero-order chi connectivity index (χ0) is 40.9. The third-order valence-electron chi connectivity index (χ3n) is 9.24. The molecule has 58 heavy (non-hydrogen) atoms. The van der Waals surface area contributed by atoms with Gasteiger partial charge in [0, 0.05) is 10.0 Å². The van der Waals surface area contributed by atoms with Gasteiger partial charge in [0.05, 0.1) is 0 Å². The summed E-state index contributed by atoms with van der Waals surface area (Å²) in [5, 5.41) is 1.52. The summed E-state index contributed by atoms with van der Waals surface area (Å²) in [5.74, 6) is 0. The van der Waals surface area contributed by atoms with E-state index in [0.717, 1.165) is 34.0 Å². The van der Waals surface area contributed by atoms with E-state index in [4.69, 9.17) is 23.2 Å². The third-order valence-corrected chi connectivity index (χ3v) is 9.74. The van der Waals surface area contributed by atoms with E-state index in [1.54, 1.807) is 0 Å². The molecule has 0 atom stereocenters. The molecule has 0 fully saturated rings. The molecule has 5 heteroatoms. The van der Waals surface area contributed by atoms with Crippen molar-refractivity contribution >= 4 is 52.2 Å². The Morgan fingerprint density at radius 3 is 1.45 bits per heavy atom. The van der Waals surface area contributed by atoms with E-state index in [9.17, 15) is 0 Å². The van der Waals surface area contributed by atoms with Gasteiger partial charge >= 0.3 is 28.4 Å². The molecule has 6 aromatic carbocycles. The third kappa shape index (κ3) is 14.6. The quantitative estimate of drug-likeness (QED) is 0.152. The van der Waals surface area contributed by atoms with Crippen molar-refractivity contribution in [1.29, 1.82) is 0 Å². The van der Waals surface area contributed by atoms with E-state index in [1.807, 2.05) is 60.7 Å². The van der Waals surface area contributed by atoms with Gasteiger partial charge in [-0.1, -0.05) is 178 Å². The Hall–Kier alpha value is -3.55. The summed E-state index contributed by atoms with van der Waals surface area (Å²) in [7, 11) is 0. The van der Waals surface area contributed by atoms with Crippen LogP contribution in [0.15, 0.2) is 146 Å². The Kier molecular flexibility index (Phi) is 20.8. The normalized spacial score (nSPS) is 11.5. The number of allylic oxidation sites excluding steroid dienone is 4. The fourth-order valence-electron chi connectivity index (χ4n) is 6.41. The van der Waals surface area contributed by atoms with Gasteiger partial charge in [0.1, 0.15) is 0 Å². The molecule has 6 aromatic rings. The molecule has 2 aliphatic rings. The van der Waals surface area contributed by atoms with E-state index in [-0.39, 0.29) is 35.6 Å². The summed E-state index contributed by atoms with van der Waals surface area (Å²) in [6.45, 7) is 21.3. The van der Waals surface area contributed by atoms with Crippen LogP contribution >= 0.6 is 48.0 Å². The number of fused-ring (bicyclic) bond motifs is 3. The van der Waals surface area contributed by atoms with Crippen molar-refractivity contribution < 1.29 is 24.2 Å². The molecule has 0 nitrogen and oxygen atoms in total. The van der Waals surface area contributed by atoms with Crippen molar-refractivity contribution in [2.24, 2.45) is 0 Å². The SMILES string of the molecule is CC(C)(C)c1cc2c([c-]c1-c1ccccc1)Cc1cc(-c3ccccc3)c(C(C)(C)C)cc1-2.Cl.Cl.[C-]1=CC=CC1.[CH2-]c1ccc(Cl)cc1.[CH2-]c1ccc(Cl)cc1.[CH2]=[Zr]. The summed E-state index contributed by atoms with van der Waals surface area (Å²) < 4.78 is 3.34. The van der Waals surface area contributed by atoms with E-state index in [0.29, 0.717) is 0 Å². The number of rotatable bonds is 2. The van der Waals surface area contributed by atoms with Gasteiger partial charge in [0.2, 0.25) is 0 Å². The molecule has 2 aliphatic carbocycles. The molecular weight excluding hydrogens is 870 g/mol. The van der Waals surface area contributed by atoms with Gasteiger partial charge in [-0.25, -0.2) is 12.2 Å². The number of hydrogen-bond acceptors (Lipinski definition) is 0. The van der Waals surface area contributed by atoms with Crippen molar-refractivity contribution in [2.45, 2.75) is 65.2 Å². The minimum absolute atomic E-state index is 0. The summed E-state index contributed by atoms with van der Waals surface area (Å²) in [5.41, 5.74) is 15.5. The summed E-state index contributed by atoms with van der Waals surface area (Å²) in [6, 6.07) is 47.6. The molecule has 0 bridgehead atoms. The molecule has 0 saturated carbocycles. The first kappa shape index (κ1) is 50.6. The predicted octanol–water partition coefficient (Wildman–Crippen LogP) is 16.1. The molecular formula is C53H54Cl4Zr-4. The van der Waals surface area contributed by atoms with Crippen LogP contribution in [0.25, 0.3) is 33.4 Å². The number of hydrogen-bond donors (Lipinski definition) is 0. The molecule has 0 N–H and O–H groups in total. The second-order valence-corrected chi connectivity index (χ2v) is 16.5. The van der Waals surface area contributed by atoms with Gasteiger partial charge in [0.15, 0.2) is 0 Å². The molecule has 0 spiro atoms. The molecule has 0 saturated heterocycles. The second-order valence-electron chi connectivity index (χ2n) is 15.7. The topological polar surface area (TPSA) is 0 Å². The van der Waals surface area contributed by atoms with Crippen LogP contribution in [0.3, 0.4) is 0 Å². The Balaban J connectivity index is 0.000000376. The van der Waals surface area contributed by atoms with Crippen molar-refractivity contribution in [3.05, 3.63) is 215 Å². The number of halogens is 4. The van der Waals surface area contributed by atoms with Gasteiger partial charge < -0.3 is 0 Å². The second kappa shape index (κ2) is 23.9. The zero-order valence-corrected chi connectivity index (χ0v) is 40.1. The molecule has 8 rings (SSSR count). The Morgan fingerprint density at radius 2 is 1.05 bits per heavy atom. The molecule has 0 radical (unpaired) electrons. The van der Waals surface area contributed by atoms with E-state index in [2.05, 4.69) is 157 Å². The summed E-state index contributed by atoms with van der Waals surface area (Å²) >= 11 is 12.5. The van der Waals surface area contributed by atoms with Crippen LogP contribution in [0.1, 0.15) is 81.3 Å². The summed E-state index contributed by atoms with van der Waals surface area (Å²) in [4.78, 5) is 0. The fourth-order valence-corrected chi connectivity index (χ4v) is 6.66. The monoisotopic (exact) mass is 920 g/mol. The first-order valence-corrected chi connectivity index (χ1v) is 21.3. The summed E-state index contributed by atoms with van der Waals surface area (Å²) in [6.07, 6.45) is 10.9. The maximum absolute atomic E-state index is 5.58.